The van der Waals surface area contributed by atoms with E-state index in [0.29, 0.717) is 21.5 Å². The Morgan fingerprint density at radius 1 is 1.38 bits per heavy atom. The van der Waals surface area contributed by atoms with Crippen LogP contribution in [0.2, 0.25) is 5.02 Å². The molecular weight excluding hydrogens is 304 g/mol. The average Bonchev–Trinajstić information content (AvgIpc) is 2.48. The van der Waals surface area contributed by atoms with Crippen LogP contribution < -0.4 is 11.1 Å². The van der Waals surface area contributed by atoms with E-state index in [9.17, 15) is 4.79 Å². The van der Waals surface area contributed by atoms with Gasteiger partial charge in [-0.05, 0) is 49.4 Å². The number of aryl methyl sites for hydroxylation is 1. The molecule has 0 spiro atoms. The van der Waals surface area contributed by atoms with Gasteiger partial charge in [0, 0.05) is 10.6 Å². The van der Waals surface area contributed by atoms with Crippen molar-refractivity contribution in [1.29, 1.82) is 0 Å². The minimum atomic E-state index is -0.219. The van der Waals surface area contributed by atoms with E-state index in [0.717, 1.165) is 18.4 Å². The molecule has 3 nitrogen and oxygen atoms in total. The Hall–Kier alpha value is -1.13. The topological polar surface area (TPSA) is 55.1 Å². The minimum Gasteiger partial charge on any atom is -0.392 e. The van der Waals surface area contributed by atoms with Crippen LogP contribution in [-0.4, -0.2) is 16.9 Å². The van der Waals surface area contributed by atoms with Crippen LogP contribution in [0.1, 0.15) is 48.0 Å². The van der Waals surface area contributed by atoms with Crippen LogP contribution in [0, 0.1) is 12.8 Å². The second kappa shape index (κ2) is 7.23. The monoisotopic (exact) mass is 324 g/mol. The highest BCUT2D eigenvalue weighted by Crippen LogP contribution is 2.27. The van der Waals surface area contributed by atoms with Gasteiger partial charge in [-0.15, -0.1) is 0 Å². The van der Waals surface area contributed by atoms with E-state index in [4.69, 9.17) is 29.6 Å². The number of amides is 1. The number of benzene rings is 1. The summed E-state index contributed by atoms with van der Waals surface area (Å²) in [5.74, 6) is 0.215. The Labute approximate surface area is 136 Å². The van der Waals surface area contributed by atoms with E-state index in [1.165, 1.54) is 19.3 Å². The molecule has 1 saturated carbocycles. The molecule has 21 heavy (non-hydrogen) atoms. The van der Waals surface area contributed by atoms with E-state index in [2.05, 4.69) is 5.32 Å². The third kappa shape index (κ3) is 4.17. The molecule has 0 aliphatic heterocycles. The number of nitrogens with two attached hydrogens (primary N) is 1. The first-order valence-corrected chi connectivity index (χ1v) is 8.14. The van der Waals surface area contributed by atoms with Crippen LogP contribution in [0.25, 0.3) is 0 Å². The first kappa shape index (κ1) is 16.2. The molecule has 1 fully saturated rings. The molecule has 1 aromatic carbocycles. The van der Waals surface area contributed by atoms with E-state index < -0.39 is 0 Å². The largest absolute Gasteiger partial charge is 0.392 e. The average molecular weight is 325 g/mol. The summed E-state index contributed by atoms with van der Waals surface area (Å²) in [7, 11) is 0. The van der Waals surface area contributed by atoms with Gasteiger partial charge in [0.25, 0.3) is 5.91 Å². The number of halogens is 1. The molecule has 3 N–H and O–H groups in total. The fourth-order valence-corrected chi connectivity index (χ4v) is 3.27. The Bertz CT molecular complexity index is 541. The Morgan fingerprint density at radius 2 is 2.05 bits per heavy atom. The van der Waals surface area contributed by atoms with Gasteiger partial charge in [0.1, 0.15) is 0 Å². The van der Waals surface area contributed by atoms with Gasteiger partial charge in [0.2, 0.25) is 0 Å². The number of hydrogen-bond acceptors (Lipinski definition) is 2. The van der Waals surface area contributed by atoms with Crippen molar-refractivity contribution in [3.05, 3.63) is 34.3 Å². The summed E-state index contributed by atoms with van der Waals surface area (Å²) >= 11 is 11.1. The number of thiocarbonyl (C=S) groups is 1. The molecule has 1 atom stereocenters. The van der Waals surface area contributed by atoms with E-state index in [1.54, 1.807) is 18.2 Å². The number of carbonyl (C=O) groups excluding carboxylic acids is 1. The van der Waals surface area contributed by atoms with Crippen molar-refractivity contribution < 1.29 is 4.79 Å². The predicted molar refractivity (Wildman–Crippen MR) is 90.8 cm³/mol. The summed E-state index contributed by atoms with van der Waals surface area (Å²) in [4.78, 5) is 12.8. The summed E-state index contributed by atoms with van der Waals surface area (Å²) in [6.07, 6.45) is 5.76. The third-order valence-electron chi connectivity index (χ3n) is 4.13. The zero-order chi connectivity index (χ0) is 15.4. The third-order valence-corrected chi connectivity index (χ3v) is 4.81. The molecule has 2 rings (SSSR count). The lowest BCUT2D eigenvalue weighted by atomic mass is 9.83. The highest BCUT2D eigenvalue weighted by atomic mass is 35.5. The quantitative estimate of drug-likeness (QED) is 0.832. The minimum absolute atomic E-state index is 0.141. The molecule has 1 aliphatic carbocycles. The van der Waals surface area contributed by atoms with Gasteiger partial charge in [-0.2, -0.15) is 0 Å². The van der Waals surface area contributed by atoms with Crippen LogP contribution in [0.15, 0.2) is 18.2 Å². The number of hydrogen-bond donors (Lipinski definition) is 2. The first-order chi connectivity index (χ1) is 9.99. The summed E-state index contributed by atoms with van der Waals surface area (Å²) in [5.41, 5.74) is 7.32. The molecule has 5 heteroatoms. The van der Waals surface area contributed by atoms with E-state index in [-0.39, 0.29) is 11.9 Å². The van der Waals surface area contributed by atoms with Crippen LogP contribution in [0.3, 0.4) is 0 Å². The van der Waals surface area contributed by atoms with Crippen LogP contribution in [-0.2, 0) is 0 Å². The molecule has 1 amide bonds. The lowest BCUT2D eigenvalue weighted by Gasteiger charge is -2.30. The molecule has 1 aromatic rings. The second-order valence-corrected chi connectivity index (χ2v) is 6.59. The lowest BCUT2D eigenvalue weighted by Crippen LogP contribution is -2.48. The van der Waals surface area contributed by atoms with Gasteiger partial charge in [0.05, 0.1) is 11.0 Å². The van der Waals surface area contributed by atoms with Crippen molar-refractivity contribution in [3.63, 3.8) is 0 Å². The standard InChI is InChI=1S/C16H21ClN2OS/c1-10-9-12(7-8-13(10)17)16(20)19-14(15(18)21)11-5-3-2-4-6-11/h7-9,11,14H,2-6H2,1H3,(H2,18,21)(H,19,20). The van der Waals surface area contributed by atoms with Crippen LogP contribution in [0.5, 0.6) is 0 Å². The maximum absolute atomic E-state index is 12.4. The van der Waals surface area contributed by atoms with Gasteiger partial charge in [-0.1, -0.05) is 43.1 Å². The van der Waals surface area contributed by atoms with Gasteiger partial charge >= 0.3 is 0 Å². The van der Waals surface area contributed by atoms with E-state index in [1.807, 2.05) is 6.92 Å². The van der Waals surface area contributed by atoms with Gasteiger partial charge < -0.3 is 11.1 Å². The zero-order valence-electron chi connectivity index (χ0n) is 12.2. The Balaban J connectivity index is 2.10. The van der Waals surface area contributed by atoms with Crippen molar-refractivity contribution in [2.45, 2.75) is 45.1 Å². The van der Waals surface area contributed by atoms with E-state index >= 15 is 0 Å². The van der Waals surface area contributed by atoms with Gasteiger partial charge in [0.15, 0.2) is 0 Å². The summed E-state index contributed by atoms with van der Waals surface area (Å²) < 4.78 is 0. The molecule has 0 saturated heterocycles. The normalized spacial score (nSPS) is 17.2. The smallest absolute Gasteiger partial charge is 0.251 e. The lowest BCUT2D eigenvalue weighted by molar-refractivity contribution is 0.0932. The van der Waals surface area contributed by atoms with Crippen molar-refractivity contribution >= 4 is 34.7 Å². The summed E-state index contributed by atoms with van der Waals surface area (Å²) in [5, 5.41) is 3.66. The summed E-state index contributed by atoms with van der Waals surface area (Å²) in [6, 6.07) is 5.03. The van der Waals surface area contributed by atoms with Crippen LogP contribution in [0.4, 0.5) is 0 Å². The number of rotatable bonds is 4. The van der Waals surface area contributed by atoms with Crippen molar-refractivity contribution in [1.82, 2.24) is 5.32 Å². The number of carbonyl (C=O) groups is 1. The fourth-order valence-electron chi connectivity index (χ4n) is 2.90. The van der Waals surface area contributed by atoms with Crippen molar-refractivity contribution in [2.24, 2.45) is 11.7 Å². The zero-order valence-corrected chi connectivity index (χ0v) is 13.8. The SMILES string of the molecule is Cc1cc(C(=O)NC(C(N)=S)C2CCCCC2)ccc1Cl. The molecule has 1 aliphatic rings. The van der Waals surface area contributed by atoms with Crippen molar-refractivity contribution in [2.75, 3.05) is 0 Å². The highest BCUT2D eigenvalue weighted by Gasteiger charge is 2.27. The molecule has 0 radical (unpaired) electrons. The molecule has 0 bridgehead atoms. The molecule has 0 heterocycles. The fraction of sp³-hybridized carbons (Fsp3) is 0.500. The van der Waals surface area contributed by atoms with Crippen LogP contribution >= 0.6 is 23.8 Å². The molecule has 114 valence electrons. The maximum atomic E-state index is 12.4. The molecular formula is C16H21ClN2OS. The van der Waals surface area contributed by atoms with Crippen molar-refractivity contribution in [3.8, 4) is 0 Å². The maximum Gasteiger partial charge on any atom is 0.251 e. The molecule has 0 aromatic heterocycles. The first-order valence-electron chi connectivity index (χ1n) is 7.35. The predicted octanol–water partition coefficient (Wildman–Crippen LogP) is 3.61. The Morgan fingerprint density at radius 3 is 2.62 bits per heavy atom. The second-order valence-electron chi connectivity index (χ2n) is 5.72. The Kier molecular flexibility index (Phi) is 5.59. The van der Waals surface area contributed by atoms with Gasteiger partial charge in [-0.3, -0.25) is 4.79 Å². The van der Waals surface area contributed by atoms with Gasteiger partial charge in [-0.25, -0.2) is 0 Å². The molecule has 1 unspecified atom stereocenters. The number of nitrogens with one attached hydrogen (secondary N) is 1. The highest BCUT2D eigenvalue weighted by molar-refractivity contribution is 7.80. The summed E-state index contributed by atoms with van der Waals surface area (Å²) in [6.45, 7) is 1.88.